The van der Waals surface area contributed by atoms with Gasteiger partial charge in [-0.25, -0.2) is 0 Å². The average Bonchev–Trinajstić information content (AvgIpc) is 2.67. The van der Waals surface area contributed by atoms with E-state index >= 15 is 0 Å². The number of hydrogen-bond donors (Lipinski definition) is 1. The SMILES string of the molecule is COc1c(N(CC2C=CC(O)(C(C)(C)C)C=C2)C2CCCCC2)ccnc1C. The van der Waals surface area contributed by atoms with Gasteiger partial charge in [0.05, 0.1) is 18.5 Å². The molecule has 0 aromatic carbocycles. The molecule has 4 nitrogen and oxygen atoms in total. The van der Waals surface area contributed by atoms with Crippen LogP contribution in [0.2, 0.25) is 0 Å². The summed E-state index contributed by atoms with van der Waals surface area (Å²) in [5.41, 5.74) is 0.960. The predicted molar refractivity (Wildman–Crippen MR) is 116 cm³/mol. The number of hydrogen-bond acceptors (Lipinski definition) is 4. The summed E-state index contributed by atoms with van der Waals surface area (Å²) in [5, 5.41) is 10.9. The largest absolute Gasteiger partial charge is 0.493 e. The van der Waals surface area contributed by atoms with Crippen molar-refractivity contribution in [1.29, 1.82) is 0 Å². The summed E-state index contributed by atoms with van der Waals surface area (Å²) in [5.74, 6) is 1.14. The van der Waals surface area contributed by atoms with Gasteiger partial charge in [0.25, 0.3) is 0 Å². The van der Waals surface area contributed by atoms with Gasteiger partial charge in [-0.3, -0.25) is 4.98 Å². The Hall–Kier alpha value is -1.81. The molecule has 0 unspecified atom stereocenters. The van der Waals surface area contributed by atoms with E-state index in [2.05, 4.69) is 48.9 Å². The van der Waals surface area contributed by atoms with E-state index in [0.29, 0.717) is 6.04 Å². The standard InChI is InChI=1S/C24H36N2O2/c1-18-22(28-5)21(13-16-25-18)26(20-9-7-6-8-10-20)17-19-11-14-24(27,15-12-19)23(2,3)4/h11-16,19-20,27H,6-10,17H2,1-5H3. The van der Waals surface area contributed by atoms with E-state index in [1.165, 1.54) is 32.1 Å². The van der Waals surface area contributed by atoms with Gasteiger partial charge >= 0.3 is 0 Å². The molecule has 2 aliphatic carbocycles. The highest BCUT2D eigenvalue weighted by Crippen LogP contribution is 2.38. The van der Waals surface area contributed by atoms with Crippen molar-refractivity contribution in [3.8, 4) is 5.75 Å². The third-order valence-electron chi connectivity index (χ3n) is 6.39. The number of methoxy groups -OCH3 is 1. The molecule has 0 bridgehead atoms. The van der Waals surface area contributed by atoms with Gasteiger partial charge in [-0.15, -0.1) is 0 Å². The fourth-order valence-corrected chi connectivity index (χ4v) is 4.36. The number of aliphatic hydroxyl groups is 1. The zero-order chi connectivity index (χ0) is 20.4. The van der Waals surface area contributed by atoms with E-state index in [4.69, 9.17) is 4.74 Å². The highest BCUT2D eigenvalue weighted by molar-refractivity contribution is 5.60. The van der Waals surface area contributed by atoms with Crippen molar-refractivity contribution in [2.45, 2.75) is 71.4 Å². The molecular weight excluding hydrogens is 348 g/mol. The molecule has 0 amide bonds. The molecule has 0 aliphatic heterocycles. The summed E-state index contributed by atoms with van der Waals surface area (Å²) in [4.78, 5) is 6.94. The number of anilines is 1. The fraction of sp³-hybridized carbons (Fsp3) is 0.625. The molecular formula is C24H36N2O2. The minimum absolute atomic E-state index is 0.223. The topological polar surface area (TPSA) is 45.6 Å². The van der Waals surface area contributed by atoms with E-state index in [1.54, 1.807) is 7.11 Å². The minimum atomic E-state index is -0.885. The Balaban J connectivity index is 1.87. The first-order chi connectivity index (χ1) is 13.2. The maximum Gasteiger partial charge on any atom is 0.163 e. The first-order valence-corrected chi connectivity index (χ1v) is 10.6. The lowest BCUT2D eigenvalue weighted by Crippen LogP contribution is -2.43. The van der Waals surface area contributed by atoms with Gasteiger partial charge in [-0.2, -0.15) is 0 Å². The zero-order valence-corrected chi connectivity index (χ0v) is 18.1. The van der Waals surface area contributed by atoms with E-state index < -0.39 is 5.60 Å². The number of aryl methyl sites for hydroxylation is 1. The molecule has 0 spiro atoms. The Kier molecular flexibility index (Phi) is 6.18. The van der Waals surface area contributed by atoms with Gasteiger partial charge in [0.15, 0.2) is 5.75 Å². The van der Waals surface area contributed by atoms with Crippen LogP contribution in [-0.2, 0) is 0 Å². The van der Waals surface area contributed by atoms with Crippen LogP contribution in [0.1, 0.15) is 58.6 Å². The highest BCUT2D eigenvalue weighted by Gasteiger charge is 2.37. The molecule has 2 aliphatic rings. The molecule has 4 heteroatoms. The van der Waals surface area contributed by atoms with Crippen LogP contribution >= 0.6 is 0 Å². The summed E-state index contributed by atoms with van der Waals surface area (Å²) < 4.78 is 5.73. The first-order valence-electron chi connectivity index (χ1n) is 10.6. The lowest BCUT2D eigenvalue weighted by atomic mass is 9.73. The van der Waals surface area contributed by atoms with E-state index in [9.17, 15) is 5.11 Å². The molecule has 1 fully saturated rings. The molecule has 154 valence electrons. The first kappa shape index (κ1) is 20.9. The summed E-state index contributed by atoms with van der Waals surface area (Å²) in [7, 11) is 1.73. The Morgan fingerprint density at radius 3 is 2.39 bits per heavy atom. The van der Waals surface area contributed by atoms with E-state index in [1.807, 2.05) is 25.3 Å². The Labute approximate surface area is 170 Å². The van der Waals surface area contributed by atoms with Crippen LogP contribution in [0.4, 0.5) is 5.69 Å². The maximum absolute atomic E-state index is 10.9. The van der Waals surface area contributed by atoms with Crippen molar-refractivity contribution in [1.82, 2.24) is 4.98 Å². The smallest absolute Gasteiger partial charge is 0.163 e. The van der Waals surface area contributed by atoms with Crippen LogP contribution in [-0.4, -0.2) is 35.4 Å². The van der Waals surface area contributed by atoms with E-state index in [-0.39, 0.29) is 11.3 Å². The minimum Gasteiger partial charge on any atom is -0.493 e. The third-order valence-corrected chi connectivity index (χ3v) is 6.39. The number of nitrogens with zero attached hydrogens (tertiary/aromatic N) is 2. The van der Waals surface area contributed by atoms with Gasteiger partial charge in [-0.1, -0.05) is 64.3 Å². The van der Waals surface area contributed by atoms with Gasteiger partial charge in [0.2, 0.25) is 0 Å². The Morgan fingerprint density at radius 2 is 1.82 bits per heavy atom. The summed E-state index contributed by atoms with van der Waals surface area (Å²) in [6, 6.07) is 2.61. The van der Waals surface area contributed by atoms with Gasteiger partial charge in [0.1, 0.15) is 5.60 Å². The second-order valence-electron chi connectivity index (χ2n) is 9.35. The van der Waals surface area contributed by atoms with Gasteiger partial charge < -0.3 is 14.7 Å². The summed E-state index contributed by atoms with van der Waals surface area (Å²) >= 11 is 0. The van der Waals surface area contributed by atoms with Gasteiger partial charge in [0, 0.05) is 24.7 Å². The van der Waals surface area contributed by atoms with Crippen LogP contribution in [0.25, 0.3) is 0 Å². The highest BCUT2D eigenvalue weighted by atomic mass is 16.5. The molecule has 3 rings (SSSR count). The number of aromatic nitrogens is 1. The van der Waals surface area contributed by atoms with Crippen molar-refractivity contribution in [2.24, 2.45) is 11.3 Å². The Bertz CT molecular complexity index is 713. The molecule has 1 saturated carbocycles. The average molecular weight is 385 g/mol. The second kappa shape index (κ2) is 8.28. The van der Waals surface area contributed by atoms with Gasteiger partial charge in [-0.05, 0) is 31.2 Å². The Morgan fingerprint density at radius 1 is 1.18 bits per heavy atom. The van der Waals surface area contributed by atoms with Crippen molar-refractivity contribution < 1.29 is 9.84 Å². The van der Waals surface area contributed by atoms with E-state index in [0.717, 1.165) is 23.7 Å². The molecule has 0 saturated heterocycles. The summed E-state index contributed by atoms with van der Waals surface area (Å²) in [6.07, 6.45) is 16.5. The third kappa shape index (κ3) is 4.27. The molecule has 1 heterocycles. The molecule has 28 heavy (non-hydrogen) atoms. The summed E-state index contributed by atoms with van der Waals surface area (Å²) in [6.45, 7) is 9.10. The van der Waals surface area contributed by atoms with Crippen LogP contribution in [0, 0.1) is 18.3 Å². The second-order valence-corrected chi connectivity index (χ2v) is 9.35. The monoisotopic (exact) mass is 384 g/mol. The fourth-order valence-electron chi connectivity index (χ4n) is 4.36. The van der Waals surface area contributed by atoms with Crippen LogP contribution < -0.4 is 9.64 Å². The number of ether oxygens (including phenoxy) is 1. The molecule has 0 radical (unpaired) electrons. The van der Waals surface area contributed by atoms with Crippen molar-refractivity contribution in [3.05, 3.63) is 42.3 Å². The van der Waals surface area contributed by atoms with Crippen molar-refractivity contribution in [3.63, 3.8) is 0 Å². The quantitative estimate of drug-likeness (QED) is 0.721. The van der Waals surface area contributed by atoms with Crippen LogP contribution in [0.3, 0.4) is 0 Å². The molecule has 1 aromatic heterocycles. The normalized spacial score (nSPS) is 25.7. The molecule has 1 N–H and O–H groups in total. The number of pyridine rings is 1. The molecule has 1 aromatic rings. The molecule has 0 atom stereocenters. The van der Waals surface area contributed by atoms with Crippen molar-refractivity contribution >= 4 is 5.69 Å². The van der Waals surface area contributed by atoms with Crippen molar-refractivity contribution in [2.75, 3.05) is 18.6 Å². The lowest BCUT2D eigenvalue weighted by molar-refractivity contribution is 0.0286. The van der Waals surface area contributed by atoms with Crippen LogP contribution in [0.15, 0.2) is 36.6 Å². The lowest BCUT2D eigenvalue weighted by Gasteiger charge is -2.41. The zero-order valence-electron chi connectivity index (χ0n) is 18.1. The number of rotatable bonds is 5. The van der Waals surface area contributed by atoms with Crippen LogP contribution in [0.5, 0.6) is 5.75 Å². The maximum atomic E-state index is 10.9. The predicted octanol–water partition coefficient (Wildman–Crippen LogP) is 5.06.